The second kappa shape index (κ2) is 9.80. The summed E-state index contributed by atoms with van der Waals surface area (Å²) in [4.78, 5) is 15.0. The summed E-state index contributed by atoms with van der Waals surface area (Å²) in [6, 6.07) is 10.9. The summed E-state index contributed by atoms with van der Waals surface area (Å²) in [6.07, 6.45) is 3.21. The van der Waals surface area contributed by atoms with Crippen LogP contribution in [0.25, 0.3) is 0 Å². The Morgan fingerprint density at radius 3 is 2.27 bits per heavy atom. The number of nitrogens with zero attached hydrogens (tertiary/aromatic N) is 4. The van der Waals surface area contributed by atoms with Crippen molar-refractivity contribution in [1.29, 1.82) is 0 Å². The van der Waals surface area contributed by atoms with Crippen LogP contribution < -0.4 is 24.4 Å². The van der Waals surface area contributed by atoms with Crippen molar-refractivity contribution in [3.05, 3.63) is 60.4 Å². The quantitative estimate of drug-likeness (QED) is 0.495. The predicted octanol–water partition coefficient (Wildman–Crippen LogP) is 4.62. The summed E-state index contributed by atoms with van der Waals surface area (Å²) in [7, 11) is 4.67. The number of methoxy groups -OCH3 is 3. The zero-order valence-electron chi connectivity index (χ0n) is 16.9. The summed E-state index contributed by atoms with van der Waals surface area (Å²) in [5.74, 6) is 2.35. The first-order valence-electron chi connectivity index (χ1n) is 8.99. The van der Waals surface area contributed by atoms with Gasteiger partial charge in [-0.15, -0.1) is 6.58 Å². The van der Waals surface area contributed by atoms with Crippen LogP contribution in [0.3, 0.4) is 0 Å². The molecule has 0 aliphatic rings. The van der Waals surface area contributed by atoms with Gasteiger partial charge in [0, 0.05) is 35.1 Å². The number of rotatable bonds is 9. The molecule has 1 aromatic heterocycles. The van der Waals surface area contributed by atoms with Gasteiger partial charge in [-0.2, -0.15) is 4.98 Å². The minimum Gasteiger partial charge on any atom is -0.493 e. The third-order valence-electron chi connectivity index (χ3n) is 4.17. The van der Waals surface area contributed by atoms with Crippen molar-refractivity contribution in [2.24, 2.45) is 0 Å². The lowest BCUT2D eigenvalue weighted by atomic mass is 10.2. The van der Waals surface area contributed by atoms with E-state index < -0.39 is 0 Å². The van der Waals surface area contributed by atoms with Crippen molar-refractivity contribution in [3.8, 4) is 17.2 Å². The Balaban J connectivity index is 1.93. The Labute approximate surface area is 180 Å². The minimum absolute atomic E-state index is 0.359. The Kier molecular flexibility index (Phi) is 6.92. The van der Waals surface area contributed by atoms with Crippen molar-refractivity contribution in [2.75, 3.05) is 38.1 Å². The predicted molar refractivity (Wildman–Crippen MR) is 118 cm³/mol. The molecule has 0 aliphatic heterocycles. The average molecular weight is 428 g/mol. The Bertz CT molecular complexity index is 989. The van der Waals surface area contributed by atoms with Crippen LogP contribution in [-0.4, -0.2) is 42.8 Å². The highest BCUT2D eigenvalue weighted by atomic mass is 35.5. The fourth-order valence-electron chi connectivity index (χ4n) is 2.81. The van der Waals surface area contributed by atoms with Gasteiger partial charge in [0.15, 0.2) is 11.5 Å². The highest BCUT2D eigenvalue weighted by molar-refractivity contribution is 6.30. The van der Waals surface area contributed by atoms with Crippen molar-refractivity contribution < 1.29 is 14.2 Å². The first-order chi connectivity index (χ1) is 14.6. The molecule has 0 fully saturated rings. The molecule has 2 aromatic carbocycles. The maximum Gasteiger partial charge on any atom is 0.235 e. The molecule has 0 amide bonds. The number of nitrogens with one attached hydrogen (secondary N) is 1. The standard InChI is InChI=1S/C21H22ClN5O3/c1-5-10-27(16-8-6-14(22)7-9-16)21-24-13-23-20(26-21)25-15-11-17(28-2)19(30-4)18(12-15)29-3/h5-9,11-13H,1,10H2,2-4H3,(H,23,24,25,26). The number of benzene rings is 2. The summed E-state index contributed by atoms with van der Waals surface area (Å²) in [5.41, 5.74) is 1.55. The molecule has 9 heteroatoms. The number of hydrogen-bond acceptors (Lipinski definition) is 8. The second-order valence-corrected chi connectivity index (χ2v) is 6.46. The van der Waals surface area contributed by atoms with Gasteiger partial charge in [0.1, 0.15) is 6.33 Å². The molecule has 0 bridgehead atoms. The fourth-order valence-corrected chi connectivity index (χ4v) is 2.94. The zero-order chi connectivity index (χ0) is 21.5. The Hall–Kier alpha value is -3.52. The SMILES string of the molecule is C=CCN(c1ccc(Cl)cc1)c1ncnc(Nc2cc(OC)c(OC)c(OC)c2)n1. The highest BCUT2D eigenvalue weighted by Gasteiger charge is 2.15. The van der Waals surface area contributed by atoms with E-state index in [-0.39, 0.29) is 0 Å². The van der Waals surface area contributed by atoms with Crippen molar-refractivity contribution in [3.63, 3.8) is 0 Å². The lowest BCUT2D eigenvalue weighted by Gasteiger charge is -2.21. The molecule has 8 nitrogen and oxygen atoms in total. The van der Waals surface area contributed by atoms with E-state index in [9.17, 15) is 0 Å². The van der Waals surface area contributed by atoms with Crippen LogP contribution in [0.5, 0.6) is 17.2 Å². The molecule has 0 radical (unpaired) electrons. The Morgan fingerprint density at radius 1 is 1.03 bits per heavy atom. The fraction of sp³-hybridized carbons (Fsp3) is 0.190. The van der Waals surface area contributed by atoms with E-state index >= 15 is 0 Å². The first-order valence-corrected chi connectivity index (χ1v) is 9.37. The molecule has 0 saturated heterocycles. The lowest BCUT2D eigenvalue weighted by molar-refractivity contribution is 0.324. The van der Waals surface area contributed by atoms with E-state index in [4.69, 9.17) is 25.8 Å². The maximum absolute atomic E-state index is 6.01. The van der Waals surface area contributed by atoms with Crippen LogP contribution in [0.2, 0.25) is 5.02 Å². The average Bonchev–Trinajstić information content (AvgIpc) is 2.77. The van der Waals surface area contributed by atoms with E-state index in [1.54, 1.807) is 39.5 Å². The summed E-state index contributed by atoms with van der Waals surface area (Å²) in [5, 5.41) is 3.80. The van der Waals surface area contributed by atoms with Crippen molar-refractivity contribution >= 4 is 34.9 Å². The number of ether oxygens (including phenoxy) is 3. The van der Waals surface area contributed by atoms with E-state index in [1.807, 2.05) is 29.2 Å². The van der Waals surface area contributed by atoms with Crippen LogP contribution in [0, 0.1) is 0 Å². The Morgan fingerprint density at radius 2 is 1.70 bits per heavy atom. The van der Waals surface area contributed by atoms with Gasteiger partial charge in [-0.25, -0.2) is 9.97 Å². The molecule has 0 aliphatic carbocycles. The van der Waals surface area contributed by atoms with Gasteiger partial charge in [-0.1, -0.05) is 17.7 Å². The van der Waals surface area contributed by atoms with Crippen molar-refractivity contribution in [2.45, 2.75) is 0 Å². The third kappa shape index (κ3) is 4.72. The first kappa shape index (κ1) is 21.2. The summed E-state index contributed by atoms with van der Waals surface area (Å²) >= 11 is 6.01. The van der Waals surface area contributed by atoms with Gasteiger partial charge >= 0.3 is 0 Å². The molecular weight excluding hydrogens is 406 g/mol. The zero-order valence-corrected chi connectivity index (χ0v) is 17.7. The maximum atomic E-state index is 6.01. The number of aromatic nitrogens is 3. The molecule has 1 heterocycles. The third-order valence-corrected chi connectivity index (χ3v) is 4.42. The van der Waals surface area contributed by atoms with Crippen LogP contribution in [0.1, 0.15) is 0 Å². The van der Waals surface area contributed by atoms with E-state index in [1.165, 1.54) is 6.33 Å². The van der Waals surface area contributed by atoms with Gasteiger partial charge in [0.25, 0.3) is 0 Å². The number of anilines is 4. The molecule has 0 atom stereocenters. The molecule has 156 valence electrons. The lowest BCUT2D eigenvalue weighted by Crippen LogP contribution is -2.20. The molecular formula is C21H22ClN5O3. The van der Waals surface area contributed by atoms with Gasteiger partial charge in [-0.05, 0) is 24.3 Å². The largest absolute Gasteiger partial charge is 0.493 e. The normalized spacial score (nSPS) is 10.3. The van der Waals surface area contributed by atoms with Gasteiger partial charge < -0.3 is 24.4 Å². The van der Waals surface area contributed by atoms with E-state index in [2.05, 4.69) is 26.8 Å². The molecule has 0 spiro atoms. The van der Waals surface area contributed by atoms with Crippen LogP contribution >= 0.6 is 11.6 Å². The number of hydrogen-bond donors (Lipinski definition) is 1. The monoisotopic (exact) mass is 427 g/mol. The molecule has 0 unspecified atom stereocenters. The second-order valence-electron chi connectivity index (χ2n) is 6.02. The molecule has 30 heavy (non-hydrogen) atoms. The molecule has 3 aromatic rings. The molecule has 3 rings (SSSR count). The summed E-state index contributed by atoms with van der Waals surface area (Å²) < 4.78 is 16.1. The minimum atomic E-state index is 0.359. The van der Waals surface area contributed by atoms with Gasteiger partial charge in [0.05, 0.1) is 21.3 Å². The van der Waals surface area contributed by atoms with Gasteiger partial charge in [0.2, 0.25) is 17.6 Å². The van der Waals surface area contributed by atoms with Crippen molar-refractivity contribution in [1.82, 2.24) is 15.0 Å². The number of halogens is 1. The molecule has 1 N–H and O–H groups in total. The van der Waals surface area contributed by atoms with Crippen LogP contribution in [0.15, 0.2) is 55.4 Å². The van der Waals surface area contributed by atoms with E-state index in [0.29, 0.717) is 46.4 Å². The topological polar surface area (TPSA) is 81.6 Å². The highest BCUT2D eigenvalue weighted by Crippen LogP contribution is 2.40. The molecule has 0 saturated carbocycles. The van der Waals surface area contributed by atoms with Crippen LogP contribution in [-0.2, 0) is 0 Å². The summed E-state index contributed by atoms with van der Waals surface area (Å²) in [6.45, 7) is 4.33. The van der Waals surface area contributed by atoms with E-state index in [0.717, 1.165) is 5.69 Å². The van der Waals surface area contributed by atoms with Gasteiger partial charge in [-0.3, -0.25) is 0 Å². The smallest absolute Gasteiger partial charge is 0.235 e. The van der Waals surface area contributed by atoms with Crippen LogP contribution in [0.4, 0.5) is 23.3 Å².